The maximum Gasteiger partial charge on any atom is 0.513 e. The molecule has 0 saturated carbocycles. The van der Waals surface area contributed by atoms with Gasteiger partial charge in [0.05, 0.1) is 34.8 Å². The number of nitrogens with zero attached hydrogens (tertiary/aromatic N) is 3. The highest BCUT2D eigenvalue weighted by atomic mass is 16.7. The Bertz CT molecular complexity index is 1080. The minimum atomic E-state index is -0.844. The summed E-state index contributed by atoms with van der Waals surface area (Å²) in [6, 6.07) is 8.01. The van der Waals surface area contributed by atoms with Crippen molar-refractivity contribution in [3.05, 3.63) is 69.2 Å². The van der Waals surface area contributed by atoms with Crippen LogP contribution < -0.4 is 10.1 Å². The molecule has 0 saturated heterocycles. The number of nitro benzene ring substituents is 1. The first-order valence-corrected chi connectivity index (χ1v) is 11.0. The van der Waals surface area contributed by atoms with Gasteiger partial charge in [-0.3, -0.25) is 10.1 Å². The van der Waals surface area contributed by atoms with Crippen molar-refractivity contribution < 1.29 is 23.9 Å². The Morgan fingerprint density at radius 3 is 2.74 bits per heavy atom. The molecule has 1 unspecified atom stereocenters. The molecule has 1 aliphatic heterocycles. The molecule has 1 aliphatic rings. The highest BCUT2D eigenvalue weighted by Gasteiger charge is 2.35. The third-order valence-corrected chi connectivity index (χ3v) is 5.12. The number of pyridine rings is 1. The molecule has 0 spiro atoms. The van der Waals surface area contributed by atoms with Gasteiger partial charge < -0.3 is 24.4 Å². The number of nitro groups is 1. The van der Waals surface area contributed by atoms with Crippen LogP contribution in [0.15, 0.2) is 48.0 Å². The summed E-state index contributed by atoms with van der Waals surface area (Å²) in [6.45, 7) is 6.50. The van der Waals surface area contributed by atoms with E-state index >= 15 is 0 Å². The highest BCUT2D eigenvalue weighted by Crippen LogP contribution is 2.46. The Labute approximate surface area is 198 Å². The molecule has 34 heavy (non-hydrogen) atoms. The van der Waals surface area contributed by atoms with Gasteiger partial charge in [0.25, 0.3) is 5.69 Å². The monoisotopic (exact) mass is 470 g/mol. The molecule has 0 radical (unpaired) electrons. The minimum Gasteiger partial charge on any atom is -0.475 e. The molecular weight excluding hydrogens is 440 g/mol. The predicted octanol–water partition coefficient (Wildman–Crippen LogP) is 4.67. The first-order chi connectivity index (χ1) is 16.2. The van der Waals surface area contributed by atoms with Gasteiger partial charge in [-0.15, -0.1) is 0 Å². The van der Waals surface area contributed by atoms with Crippen LogP contribution in [0.25, 0.3) is 0 Å². The molecule has 1 N–H and O–H groups in total. The number of non-ortho nitro benzene ring substituents is 1. The Hall–Kier alpha value is -3.66. The SMILES string of the molecule is CC1=C(OC(=O)OCCCN(C)C)C(c2cccc([N+](=O)[O-])c2)c2c(ccnc2OC(C)C)N1. The zero-order valence-corrected chi connectivity index (χ0v) is 20.0. The number of nitrogens with one attached hydrogen (secondary N) is 1. The van der Waals surface area contributed by atoms with Crippen LogP contribution in [0.1, 0.15) is 44.2 Å². The Morgan fingerprint density at radius 2 is 2.06 bits per heavy atom. The number of ether oxygens (including phenoxy) is 3. The lowest BCUT2D eigenvalue weighted by Gasteiger charge is -2.31. The molecule has 1 atom stereocenters. The van der Waals surface area contributed by atoms with Crippen LogP contribution in [0, 0.1) is 10.1 Å². The quantitative estimate of drug-likeness (QED) is 0.241. The molecular formula is C24H30N4O6. The second-order valence-electron chi connectivity index (χ2n) is 8.50. The van der Waals surface area contributed by atoms with E-state index in [9.17, 15) is 14.9 Å². The average Bonchev–Trinajstić information content (AvgIpc) is 2.77. The molecule has 0 aliphatic carbocycles. The van der Waals surface area contributed by atoms with Gasteiger partial charge in [-0.05, 0) is 52.9 Å². The summed E-state index contributed by atoms with van der Waals surface area (Å²) in [5.74, 6) is -0.0513. The van der Waals surface area contributed by atoms with Crippen molar-refractivity contribution in [2.24, 2.45) is 0 Å². The van der Waals surface area contributed by atoms with Crippen molar-refractivity contribution in [3.63, 3.8) is 0 Å². The fourth-order valence-electron chi connectivity index (χ4n) is 3.70. The fraction of sp³-hybridized carbons (Fsp3) is 0.417. The van der Waals surface area contributed by atoms with Crippen LogP contribution in [0.4, 0.5) is 16.2 Å². The molecule has 3 rings (SSSR count). The van der Waals surface area contributed by atoms with Gasteiger partial charge in [0, 0.05) is 30.6 Å². The van der Waals surface area contributed by atoms with Gasteiger partial charge in [0.1, 0.15) is 5.76 Å². The van der Waals surface area contributed by atoms with Gasteiger partial charge in [0.15, 0.2) is 0 Å². The summed E-state index contributed by atoms with van der Waals surface area (Å²) in [7, 11) is 3.87. The van der Waals surface area contributed by atoms with E-state index in [2.05, 4.69) is 10.3 Å². The van der Waals surface area contributed by atoms with Crippen LogP contribution in [0.3, 0.4) is 0 Å². The van der Waals surface area contributed by atoms with E-state index in [4.69, 9.17) is 14.2 Å². The van der Waals surface area contributed by atoms with Crippen LogP contribution in [0.5, 0.6) is 5.88 Å². The third-order valence-electron chi connectivity index (χ3n) is 5.12. The van der Waals surface area contributed by atoms with Crippen LogP contribution in [-0.2, 0) is 9.47 Å². The summed E-state index contributed by atoms with van der Waals surface area (Å²) in [6.07, 6.45) is 1.27. The Morgan fingerprint density at radius 1 is 1.29 bits per heavy atom. The topological polar surface area (TPSA) is 116 Å². The van der Waals surface area contributed by atoms with E-state index in [1.54, 1.807) is 31.3 Å². The molecule has 10 nitrogen and oxygen atoms in total. The number of allylic oxidation sites excluding steroid dienone is 2. The number of rotatable bonds is 9. The maximum atomic E-state index is 12.6. The molecule has 0 fully saturated rings. The molecule has 10 heteroatoms. The van der Waals surface area contributed by atoms with Gasteiger partial charge >= 0.3 is 6.16 Å². The lowest BCUT2D eigenvalue weighted by atomic mass is 9.85. The van der Waals surface area contributed by atoms with Crippen molar-refractivity contribution >= 4 is 17.5 Å². The van der Waals surface area contributed by atoms with Gasteiger partial charge in [-0.1, -0.05) is 12.1 Å². The van der Waals surface area contributed by atoms with Crippen molar-refractivity contribution in [2.45, 2.75) is 39.2 Å². The molecule has 1 aromatic heterocycles. The molecule has 182 valence electrons. The summed E-state index contributed by atoms with van der Waals surface area (Å²) in [5.41, 5.74) is 2.41. The maximum absolute atomic E-state index is 12.6. The smallest absolute Gasteiger partial charge is 0.475 e. The number of anilines is 1. The second-order valence-corrected chi connectivity index (χ2v) is 8.50. The number of carbonyl (C=O) groups is 1. The van der Waals surface area contributed by atoms with Crippen molar-refractivity contribution in [1.82, 2.24) is 9.88 Å². The summed E-state index contributed by atoms with van der Waals surface area (Å²) >= 11 is 0. The number of fused-ring (bicyclic) bond motifs is 1. The van der Waals surface area contributed by atoms with Crippen molar-refractivity contribution in [2.75, 3.05) is 32.6 Å². The van der Waals surface area contributed by atoms with Crippen molar-refractivity contribution in [1.29, 1.82) is 0 Å². The number of hydrogen-bond donors (Lipinski definition) is 1. The zero-order chi connectivity index (χ0) is 24.8. The van der Waals surface area contributed by atoms with Crippen LogP contribution >= 0.6 is 0 Å². The average molecular weight is 471 g/mol. The first kappa shape index (κ1) is 25.0. The molecule has 1 aromatic carbocycles. The summed E-state index contributed by atoms with van der Waals surface area (Å²) < 4.78 is 16.9. The molecule has 2 heterocycles. The van der Waals surface area contributed by atoms with E-state index in [1.165, 1.54) is 12.1 Å². The largest absolute Gasteiger partial charge is 0.513 e. The van der Waals surface area contributed by atoms with E-state index in [0.29, 0.717) is 34.8 Å². The molecule has 2 aromatic rings. The summed E-state index contributed by atoms with van der Waals surface area (Å²) in [4.78, 5) is 29.9. The predicted molar refractivity (Wildman–Crippen MR) is 127 cm³/mol. The van der Waals surface area contributed by atoms with Gasteiger partial charge in [0.2, 0.25) is 5.88 Å². The Balaban J connectivity index is 2.01. The summed E-state index contributed by atoms with van der Waals surface area (Å²) in [5, 5.41) is 14.7. The van der Waals surface area contributed by atoms with Gasteiger partial charge in [-0.2, -0.15) is 0 Å². The van der Waals surface area contributed by atoms with Crippen LogP contribution in [0.2, 0.25) is 0 Å². The highest BCUT2D eigenvalue weighted by molar-refractivity contribution is 5.70. The molecule has 0 amide bonds. The first-order valence-electron chi connectivity index (χ1n) is 11.0. The van der Waals surface area contributed by atoms with E-state index in [1.807, 2.05) is 32.8 Å². The number of benzene rings is 1. The van der Waals surface area contributed by atoms with E-state index in [0.717, 1.165) is 6.54 Å². The number of hydrogen-bond acceptors (Lipinski definition) is 9. The fourth-order valence-corrected chi connectivity index (χ4v) is 3.70. The third kappa shape index (κ3) is 6.02. The Kier molecular flexibility index (Phi) is 8.06. The van der Waals surface area contributed by atoms with Crippen LogP contribution in [-0.4, -0.2) is 54.3 Å². The molecule has 0 bridgehead atoms. The van der Waals surface area contributed by atoms with E-state index < -0.39 is 17.0 Å². The lowest BCUT2D eigenvalue weighted by molar-refractivity contribution is -0.384. The second kappa shape index (κ2) is 11.0. The normalized spacial score (nSPS) is 15.1. The standard InChI is InChI=1S/C24H30N4O6/c1-15(2)33-23-21-19(10-11-25-23)26-16(3)22(34-24(29)32-13-7-12-27(4)5)20(21)17-8-6-9-18(14-17)28(30)31/h6,8-11,14-15,20,26H,7,12-13H2,1-5H3. The number of carbonyl (C=O) groups excluding carboxylic acids is 1. The van der Waals surface area contributed by atoms with Crippen molar-refractivity contribution in [3.8, 4) is 5.88 Å². The van der Waals surface area contributed by atoms with Gasteiger partial charge in [-0.25, -0.2) is 9.78 Å². The van der Waals surface area contributed by atoms with E-state index in [-0.39, 0.29) is 24.2 Å². The number of aromatic nitrogens is 1. The lowest BCUT2D eigenvalue weighted by Crippen LogP contribution is -2.24. The minimum absolute atomic E-state index is 0.0731. The zero-order valence-electron chi connectivity index (χ0n) is 20.0.